The van der Waals surface area contributed by atoms with Crippen LogP contribution < -0.4 is 10.6 Å². The van der Waals surface area contributed by atoms with Crippen LogP contribution in [0.5, 0.6) is 0 Å². The molecule has 0 bridgehead atoms. The number of aliphatic carboxylic acids is 1. The van der Waals surface area contributed by atoms with Crippen LogP contribution in [-0.4, -0.2) is 40.9 Å². The molecule has 4 N–H and O–H groups in total. The highest BCUT2D eigenvalue weighted by atomic mass is 16.4. The van der Waals surface area contributed by atoms with Crippen molar-refractivity contribution in [1.29, 1.82) is 0 Å². The Bertz CT molecular complexity index is 808. The second-order valence-electron chi connectivity index (χ2n) is 7.44. The first kappa shape index (κ1) is 22.4. The van der Waals surface area contributed by atoms with Gasteiger partial charge in [0.05, 0.1) is 12.6 Å². The summed E-state index contributed by atoms with van der Waals surface area (Å²) < 4.78 is 0. The van der Waals surface area contributed by atoms with E-state index >= 15 is 0 Å². The Hall–Kier alpha value is -2.86. The fourth-order valence-electron chi connectivity index (χ4n) is 3.21. The second kappa shape index (κ2) is 11.2. The number of carbonyl (C=O) groups is 2. The number of hydrogen-bond acceptors (Lipinski definition) is 3. The average molecular weight is 399 g/mol. The molecule has 0 saturated carbocycles. The van der Waals surface area contributed by atoms with Gasteiger partial charge in [0.15, 0.2) is 0 Å². The lowest BCUT2D eigenvalue weighted by Gasteiger charge is -2.22. The molecule has 0 aliphatic carbocycles. The average Bonchev–Trinajstić information content (AvgIpc) is 2.69. The highest BCUT2D eigenvalue weighted by molar-refractivity contribution is 5.75. The largest absolute Gasteiger partial charge is 0.481 e. The van der Waals surface area contributed by atoms with Crippen molar-refractivity contribution in [1.82, 2.24) is 10.6 Å². The standard InChI is InChI=1S/C23H30N2O4/c1-16-8-9-19(12-17(16)2)14-21(15-26)25-23(29)24-20(10-11-22(27)28)13-18-6-4-3-5-7-18/h3-9,12,20-21,26H,10-11,13-15H2,1-2H3,(H,27,28)(H2,24,25,29). The Balaban J connectivity index is 1.96. The number of urea groups is 1. The SMILES string of the molecule is Cc1ccc(CC(CO)NC(=O)NC(CCC(=O)O)Cc2ccccc2)cc1C. The van der Waals surface area contributed by atoms with Gasteiger partial charge in [-0.3, -0.25) is 4.79 Å². The summed E-state index contributed by atoms with van der Waals surface area (Å²) in [7, 11) is 0. The molecule has 2 aromatic carbocycles. The van der Waals surface area contributed by atoms with E-state index in [9.17, 15) is 14.7 Å². The number of carbonyl (C=O) groups excluding carboxylic acids is 1. The number of aliphatic hydroxyl groups excluding tert-OH is 1. The molecule has 2 amide bonds. The number of aryl methyl sites for hydroxylation is 2. The molecule has 156 valence electrons. The van der Waals surface area contributed by atoms with Crippen molar-refractivity contribution < 1.29 is 19.8 Å². The van der Waals surface area contributed by atoms with Gasteiger partial charge in [0, 0.05) is 12.5 Å². The van der Waals surface area contributed by atoms with Gasteiger partial charge >= 0.3 is 12.0 Å². The van der Waals surface area contributed by atoms with Crippen molar-refractivity contribution in [3.8, 4) is 0 Å². The summed E-state index contributed by atoms with van der Waals surface area (Å²) in [5.74, 6) is -0.895. The lowest BCUT2D eigenvalue weighted by Crippen LogP contribution is -2.49. The number of aliphatic hydroxyl groups is 1. The molecular formula is C23H30N2O4. The van der Waals surface area contributed by atoms with E-state index in [1.807, 2.05) is 56.3 Å². The van der Waals surface area contributed by atoms with Crippen molar-refractivity contribution in [2.75, 3.05) is 6.61 Å². The predicted molar refractivity (Wildman–Crippen MR) is 113 cm³/mol. The molecule has 0 aliphatic rings. The molecule has 2 rings (SSSR count). The Morgan fingerprint density at radius 1 is 0.897 bits per heavy atom. The molecule has 0 radical (unpaired) electrons. The zero-order chi connectivity index (χ0) is 21.2. The van der Waals surface area contributed by atoms with Crippen LogP contribution in [0.4, 0.5) is 4.79 Å². The number of rotatable bonds is 10. The Labute approximate surface area is 172 Å². The maximum atomic E-state index is 12.5. The van der Waals surface area contributed by atoms with E-state index in [4.69, 9.17) is 5.11 Å². The van der Waals surface area contributed by atoms with Gasteiger partial charge in [-0.25, -0.2) is 4.79 Å². The Morgan fingerprint density at radius 2 is 1.55 bits per heavy atom. The molecule has 0 aliphatic heterocycles. The second-order valence-corrected chi connectivity index (χ2v) is 7.44. The fourth-order valence-corrected chi connectivity index (χ4v) is 3.21. The minimum Gasteiger partial charge on any atom is -0.481 e. The third-order valence-corrected chi connectivity index (χ3v) is 4.98. The quantitative estimate of drug-likeness (QED) is 0.494. The zero-order valence-corrected chi connectivity index (χ0v) is 17.0. The van der Waals surface area contributed by atoms with Gasteiger partial charge in [0.25, 0.3) is 0 Å². The lowest BCUT2D eigenvalue weighted by molar-refractivity contribution is -0.137. The smallest absolute Gasteiger partial charge is 0.315 e. The molecule has 6 nitrogen and oxygen atoms in total. The number of carboxylic acid groups (broad SMARTS) is 1. The normalized spacial score (nSPS) is 12.8. The third kappa shape index (κ3) is 7.95. The van der Waals surface area contributed by atoms with Crippen LogP contribution in [0.15, 0.2) is 48.5 Å². The van der Waals surface area contributed by atoms with E-state index in [0.29, 0.717) is 19.3 Å². The first-order valence-electron chi connectivity index (χ1n) is 9.87. The molecule has 0 heterocycles. The Kier molecular flexibility index (Phi) is 8.68. The van der Waals surface area contributed by atoms with Crippen LogP contribution in [0.2, 0.25) is 0 Å². The number of amides is 2. The monoisotopic (exact) mass is 398 g/mol. The van der Waals surface area contributed by atoms with Gasteiger partial charge in [-0.2, -0.15) is 0 Å². The summed E-state index contributed by atoms with van der Waals surface area (Å²) in [6.45, 7) is 3.89. The van der Waals surface area contributed by atoms with Crippen LogP contribution in [-0.2, 0) is 17.6 Å². The van der Waals surface area contributed by atoms with Crippen LogP contribution in [0, 0.1) is 13.8 Å². The number of hydrogen-bond donors (Lipinski definition) is 4. The summed E-state index contributed by atoms with van der Waals surface area (Å²) in [6.07, 6.45) is 1.37. The van der Waals surface area contributed by atoms with Gasteiger partial charge in [0.1, 0.15) is 0 Å². The van der Waals surface area contributed by atoms with Crippen LogP contribution in [0.25, 0.3) is 0 Å². The molecule has 2 atom stereocenters. The highest BCUT2D eigenvalue weighted by Gasteiger charge is 2.18. The first-order chi connectivity index (χ1) is 13.9. The van der Waals surface area contributed by atoms with E-state index in [-0.39, 0.29) is 19.1 Å². The summed E-state index contributed by atoms with van der Waals surface area (Å²) in [6, 6.07) is 14.6. The minimum atomic E-state index is -0.895. The van der Waals surface area contributed by atoms with E-state index in [1.54, 1.807) is 0 Å². The van der Waals surface area contributed by atoms with Gasteiger partial charge < -0.3 is 20.8 Å². The van der Waals surface area contributed by atoms with Gasteiger partial charge in [-0.1, -0.05) is 48.5 Å². The molecule has 2 aromatic rings. The third-order valence-electron chi connectivity index (χ3n) is 4.98. The van der Waals surface area contributed by atoms with Gasteiger partial charge in [-0.05, 0) is 55.4 Å². The van der Waals surface area contributed by atoms with Crippen molar-refractivity contribution in [3.63, 3.8) is 0 Å². The van der Waals surface area contributed by atoms with E-state index < -0.39 is 18.0 Å². The van der Waals surface area contributed by atoms with Crippen LogP contribution in [0.3, 0.4) is 0 Å². The number of nitrogens with one attached hydrogen (secondary N) is 2. The van der Waals surface area contributed by atoms with Crippen molar-refractivity contribution >= 4 is 12.0 Å². The van der Waals surface area contributed by atoms with Crippen molar-refractivity contribution in [3.05, 3.63) is 70.8 Å². The number of benzene rings is 2. The maximum Gasteiger partial charge on any atom is 0.315 e. The van der Waals surface area contributed by atoms with Gasteiger partial charge in [-0.15, -0.1) is 0 Å². The molecule has 29 heavy (non-hydrogen) atoms. The first-order valence-corrected chi connectivity index (χ1v) is 9.87. The molecule has 6 heteroatoms. The summed E-state index contributed by atoms with van der Waals surface area (Å²) in [4.78, 5) is 23.4. The summed E-state index contributed by atoms with van der Waals surface area (Å²) in [5.41, 5.74) is 4.43. The number of carboxylic acids is 1. The maximum absolute atomic E-state index is 12.5. The van der Waals surface area contributed by atoms with Crippen LogP contribution in [0.1, 0.15) is 35.1 Å². The van der Waals surface area contributed by atoms with Crippen molar-refractivity contribution in [2.24, 2.45) is 0 Å². The molecule has 0 spiro atoms. The molecule has 2 unspecified atom stereocenters. The van der Waals surface area contributed by atoms with E-state index in [0.717, 1.165) is 11.1 Å². The lowest BCUT2D eigenvalue weighted by atomic mass is 10.0. The molecule has 0 saturated heterocycles. The fraction of sp³-hybridized carbons (Fsp3) is 0.391. The topological polar surface area (TPSA) is 98.7 Å². The van der Waals surface area contributed by atoms with Crippen LogP contribution >= 0.6 is 0 Å². The summed E-state index contributed by atoms with van der Waals surface area (Å²) >= 11 is 0. The van der Waals surface area contributed by atoms with E-state index in [1.165, 1.54) is 11.1 Å². The van der Waals surface area contributed by atoms with Crippen molar-refractivity contribution in [2.45, 2.75) is 51.6 Å². The summed E-state index contributed by atoms with van der Waals surface area (Å²) in [5, 5.41) is 24.3. The minimum absolute atomic E-state index is 0.0240. The molecule has 0 fully saturated rings. The van der Waals surface area contributed by atoms with Gasteiger partial charge in [0.2, 0.25) is 0 Å². The van der Waals surface area contributed by atoms with E-state index in [2.05, 4.69) is 16.7 Å². The highest BCUT2D eigenvalue weighted by Crippen LogP contribution is 2.12. The Morgan fingerprint density at radius 3 is 2.17 bits per heavy atom. The zero-order valence-electron chi connectivity index (χ0n) is 17.0. The molecule has 0 aromatic heterocycles. The molecular weight excluding hydrogens is 368 g/mol. The predicted octanol–water partition coefficient (Wildman–Crippen LogP) is 2.98.